The van der Waals surface area contributed by atoms with Gasteiger partial charge in [0.25, 0.3) is 0 Å². The van der Waals surface area contributed by atoms with Gasteiger partial charge in [0, 0.05) is 28.0 Å². The van der Waals surface area contributed by atoms with Crippen molar-refractivity contribution in [1.82, 2.24) is 4.98 Å². The fourth-order valence-corrected chi connectivity index (χ4v) is 2.92. The van der Waals surface area contributed by atoms with Gasteiger partial charge in [0.05, 0.1) is 10.6 Å². The summed E-state index contributed by atoms with van der Waals surface area (Å²) in [6, 6.07) is 11.2. The van der Waals surface area contributed by atoms with Gasteiger partial charge in [0.1, 0.15) is 5.75 Å². The monoisotopic (exact) mass is 254 g/mol. The summed E-state index contributed by atoms with van der Waals surface area (Å²) in [5.41, 5.74) is 1.09. The number of benzene rings is 1. The fraction of sp³-hybridized carbons (Fsp3) is 0. The van der Waals surface area contributed by atoms with Gasteiger partial charge in [-0.1, -0.05) is 12.1 Å². The van der Waals surface area contributed by atoms with Gasteiger partial charge >= 0.3 is 0 Å². The van der Waals surface area contributed by atoms with Crippen LogP contribution in [-0.2, 0) is 0 Å². The highest BCUT2D eigenvalue weighted by atomic mass is 32.1. The van der Waals surface area contributed by atoms with E-state index in [0.717, 1.165) is 15.6 Å². The molecule has 0 saturated carbocycles. The highest BCUT2D eigenvalue weighted by molar-refractivity contribution is 7.21. The molecule has 2 heterocycles. The third-order valence-corrected chi connectivity index (χ3v) is 3.94. The average Bonchev–Trinajstić information content (AvgIpc) is 2.77. The lowest BCUT2D eigenvalue weighted by Gasteiger charge is -2.01. The molecule has 3 rings (SSSR count). The molecular formula is C14H10N2OS. The van der Waals surface area contributed by atoms with Crippen LogP contribution < -0.4 is 0 Å². The summed E-state index contributed by atoms with van der Waals surface area (Å²) in [5.74, 6) is 0.192. The Morgan fingerprint density at radius 3 is 2.56 bits per heavy atom. The molecule has 0 atom stereocenters. The van der Waals surface area contributed by atoms with Gasteiger partial charge < -0.3 is 5.11 Å². The average molecular weight is 254 g/mol. The number of thiophene rings is 1. The molecule has 0 aliphatic heterocycles. The summed E-state index contributed by atoms with van der Waals surface area (Å²) in [6.07, 6.45) is 3.29. The summed E-state index contributed by atoms with van der Waals surface area (Å²) in [7, 11) is 0. The van der Waals surface area contributed by atoms with Crippen molar-refractivity contribution in [2.75, 3.05) is 0 Å². The first-order valence-corrected chi connectivity index (χ1v) is 6.29. The molecule has 4 heteroatoms. The topological polar surface area (TPSA) is 57.0 Å². The van der Waals surface area contributed by atoms with Crippen molar-refractivity contribution in [2.45, 2.75) is 0 Å². The molecule has 0 aliphatic rings. The smallest absolute Gasteiger partial charge is 0.143 e. The standard InChI is InChI=1S/C14H10N2OS/c15-12(9-5-7-16-8-6-9)14-13(17)10-3-1-2-4-11(10)18-14/h1-8,15,17H. The number of fused-ring (bicyclic) bond motifs is 1. The van der Waals surface area contributed by atoms with Crippen molar-refractivity contribution in [3.63, 3.8) is 0 Å². The van der Waals surface area contributed by atoms with Gasteiger partial charge in [-0.3, -0.25) is 10.4 Å². The van der Waals surface area contributed by atoms with E-state index in [1.165, 1.54) is 11.3 Å². The second-order valence-corrected chi connectivity index (χ2v) is 4.94. The van der Waals surface area contributed by atoms with E-state index in [1.54, 1.807) is 24.5 Å². The Labute approximate surface area is 108 Å². The third-order valence-electron chi connectivity index (χ3n) is 2.77. The van der Waals surface area contributed by atoms with Crippen LogP contribution in [0, 0.1) is 5.41 Å². The van der Waals surface area contributed by atoms with E-state index in [2.05, 4.69) is 4.98 Å². The van der Waals surface area contributed by atoms with E-state index in [9.17, 15) is 5.11 Å². The van der Waals surface area contributed by atoms with Crippen molar-refractivity contribution in [3.8, 4) is 5.75 Å². The zero-order chi connectivity index (χ0) is 12.5. The van der Waals surface area contributed by atoms with Crippen molar-refractivity contribution in [1.29, 1.82) is 5.41 Å². The molecule has 0 fully saturated rings. The maximum atomic E-state index is 10.2. The third kappa shape index (κ3) is 1.67. The second kappa shape index (κ2) is 4.23. The van der Waals surface area contributed by atoms with Crippen molar-refractivity contribution in [3.05, 3.63) is 59.2 Å². The molecule has 1 aromatic carbocycles. The number of rotatable bonds is 2. The predicted molar refractivity (Wildman–Crippen MR) is 73.7 cm³/mol. The lowest BCUT2D eigenvalue weighted by molar-refractivity contribution is 0.482. The maximum Gasteiger partial charge on any atom is 0.143 e. The minimum absolute atomic E-state index is 0.192. The summed E-state index contributed by atoms with van der Waals surface area (Å²) in [6.45, 7) is 0. The summed E-state index contributed by atoms with van der Waals surface area (Å²) >= 11 is 1.43. The van der Waals surface area contributed by atoms with Crippen molar-refractivity contribution in [2.24, 2.45) is 0 Å². The van der Waals surface area contributed by atoms with E-state index < -0.39 is 0 Å². The van der Waals surface area contributed by atoms with Gasteiger partial charge in [0.2, 0.25) is 0 Å². The van der Waals surface area contributed by atoms with Crippen LogP contribution in [0.15, 0.2) is 48.8 Å². The Kier molecular flexibility index (Phi) is 2.57. The van der Waals surface area contributed by atoms with Gasteiger partial charge in [-0.25, -0.2) is 0 Å². The molecular weight excluding hydrogens is 244 g/mol. The van der Waals surface area contributed by atoms with Crippen LogP contribution in [0.5, 0.6) is 5.75 Å². The number of hydrogen-bond donors (Lipinski definition) is 2. The molecule has 0 amide bonds. The minimum Gasteiger partial charge on any atom is -0.506 e. The van der Waals surface area contributed by atoms with Crippen molar-refractivity contribution < 1.29 is 5.11 Å². The number of hydrogen-bond acceptors (Lipinski definition) is 4. The zero-order valence-corrected chi connectivity index (χ0v) is 10.2. The normalized spacial score (nSPS) is 10.7. The van der Waals surface area contributed by atoms with Crippen LogP contribution in [0.25, 0.3) is 10.1 Å². The van der Waals surface area contributed by atoms with E-state index in [0.29, 0.717) is 10.6 Å². The predicted octanol–water partition coefficient (Wildman–Crippen LogP) is 3.42. The molecule has 0 unspecified atom stereocenters. The second-order valence-electron chi connectivity index (χ2n) is 3.89. The SMILES string of the molecule is N=C(c1ccncc1)c1sc2ccccc2c1O. The van der Waals surface area contributed by atoms with Crippen LogP contribution in [0.4, 0.5) is 0 Å². The number of aromatic hydroxyl groups is 1. The molecule has 0 spiro atoms. The number of nitrogens with one attached hydrogen (secondary N) is 1. The lowest BCUT2D eigenvalue weighted by atomic mass is 10.1. The molecule has 0 bridgehead atoms. The summed E-state index contributed by atoms with van der Waals surface area (Å²) in [4.78, 5) is 4.53. The van der Waals surface area contributed by atoms with Crippen LogP contribution in [0.2, 0.25) is 0 Å². The minimum atomic E-state index is 0.192. The first-order valence-electron chi connectivity index (χ1n) is 5.47. The first-order chi connectivity index (χ1) is 8.77. The molecule has 2 aromatic heterocycles. The maximum absolute atomic E-state index is 10.2. The number of nitrogens with zero attached hydrogens (tertiary/aromatic N) is 1. The molecule has 3 nitrogen and oxygen atoms in total. The Balaban J connectivity index is 2.15. The van der Waals surface area contributed by atoms with Crippen LogP contribution in [-0.4, -0.2) is 15.8 Å². The number of aromatic nitrogens is 1. The first kappa shape index (κ1) is 10.9. The summed E-state index contributed by atoms with van der Waals surface area (Å²) in [5, 5.41) is 19.1. The van der Waals surface area contributed by atoms with Crippen LogP contribution in [0.1, 0.15) is 10.4 Å². The highest BCUT2D eigenvalue weighted by Crippen LogP contribution is 2.37. The molecule has 18 heavy (non-hydrogen) atoms. The van der Waals surface area contributed by atoms with Gasteiger partial charge in [-0.15, -0.1) is 11.3 Å². The molecule has 0 radical (unpaired) electrons. The largest absolute Gasteiger partial charge is 0.506 e. The van der Waals surface area contributed by atoms with E-state index in [-0.39, 0.29) is 5.75 Å². The Morgan fingerprint density at radius 1 is 1.11 bits per heavy atom. The van der Waals surface area contributed by atoms with Gasteiger partial charge in [-0.2, -0.15) is 0 Å². The molecule has 0 saturated heterocycles. The highest BCUT2D eigenvalue weighted by Gasteiger charge is 2.15. The zero-order valence-electron chi connectivity index (χ0n) is 9.42. The summed E-state index contributed by atoms with van der Waals surface area (Å²) < 4.78 is 0.990. The number of pyridine rings is 1. The van der Waals surface area contributed by atoms with Crippen LogP contribution in [0.3, 0.4) is 0 Å². The molecule has 2 N–H and O–H groups in total. The van der Waals surface area contributed by atoms with E-state index >= 15 is 0 Å². The van der Waals surface area contributed by atoms with Gasteiger partial charge in [0.15, 0.2) is 0 Å². The Bertz CT molecular complexity index is 719. The van der Waals surface area contributed by atoms with E-state index in [4.69, 9.17) is 5.41 Å². The quantitative estimate of drug-likeness (QED) is 0.688. The van der Waals surface area contributed by atoms with Crippen molar-refractivity contribution >= 4 is 27.1 Å². The molecule has 88 valence electrons. The molecule has 0 aliphatic carbocycles. The Hall–Kier alpha value is -2.20. The van der Waals surface area contributed by atoms with Gasteiger partial charge in [-0.05, 0) is 24.3 Å². The Morgan fingerprint density at radius 2 is 1.83 bits per heavy atom. The lowest BCUT2D eigenvalue weighted by Crippen LogP contribution is -1.98. The van der Waals surface area contributed by atoms with Crippen LogP contribution >= 0.6 is 11.3 Å². The fourth-order valence-electron chi connectivity index (χ4n) is 1.85. The van der Waals surface area contributed by atoms with E-state index in [1.807, 2.05) is 24.3 Å². The molecule has 3 aromatic rings.